The van der Waals surface area contributed by atoms with Gasteiger partial charge in [0.15, 0.2) is 0 Å². The summed E-state index contributed by atoms with van der Waals surface area (Å²) >= 11 is 11.8. The van der Waals surface area contributed by atoms with E-state index in [2.05, 4.69) is 5.32 Å². The first-order valence-corrected chi connectivity index (χ1v) is 8.42. The van der Waals surface area contributed by atoms with Gasteiger partial charge in [-0.3, -0.25) is 4.79 Å². The van der Waals surface area contributed by atoms with Crippen LogP contribution in [0.1, 0.15) is 5.56 Å². The van der Waals surface area contributed by atoms with E-state index in [1.807, 2.05) is 0 Å². The van der Waals surface area contributed by atoms with Crippen LogP contribution < -0.4 is 10.5 Å². The molecule has 8 heteroatoms. The third-order valence-electron chi connectivity index (χ3n) is 2.83. The third-order valence-corrected chi connectivity index (χ3v) is 4.35. The van der Waals surface area contributed by atoms with E-state index in [0.717, 1.165) is 0 Å². The number of nitrogens with two attached hydrogens (primary N) is 1. The summed E-state index contributed by atoms with van der Waals surface area (Å²) in [6, 6.07) is 10.4. The molecule has 0 saturated carbocycles. The van der Waals surface area contributed by atoms with E-state index in [-0.39, 0.29) is 17.2 Å². The van der Waals surface area contributed by atoms with E-state index in [0.29, 0.717) is 21.3 Å². The van der Waals surface area contributed by atoms with Gasteiger partial charge in [0.25, 0.3) is 0 Å². The lowest BCUT2D eigenvalue weighted by Crippen LogP contribution is -2.15. The Labute approximate surface area is 138 Å². The summed E-state index contributed by atoms with van der Waals surface area (Å²) in [6.45, 7) is 0. The molecule has 0 aliphatic heterocycles. The second-order valence-electron chi connectivity index (χ2n) is 4.53. The highest BCUT2D eigenvalue weighted by molar-refractivity contribution is 7.89. The van der Waals surface area contributed by atoms with Gasteiger partial charge in [-0.1, -0.05) is 29.3 Å². The van der Waals surface area contributed by atoms with Gasteiger partial charge in [0.1, 0.15) is 0 Å². The molecule has 116 valence electrons. The Balaban J connectivity index is 2.06. The van der Waals surface area contributed by atoms with E-state index >= 15 is 0 Å². The molecule has 2 aromatic rings. The Bertz CT molecular complexity index is 805. The Hall–Kier alpha value is -1.60. The fourth-order valence-electron chi connectivity index (χ4n) is 1.77. The van der Waals surface area contributed by atoms with Gasteiger partial charge in [0.2, 0.25) is 15.9 Å². The van der Waals surface area contributed by atoms with Crippen LogP contribution in [0.5, 0.6) is 0 Å². The topological polar surface area (TPSA) is 89.3 Å². The summed E-state index contributed by atoms with van der Waals surface area (Å²) < 4.78 is 22.3. The second-order valence-corrected chi connectivity index (χ2v) is 6.94. The quantitative estimate of drug-likeness (QED) is 0.880. The summed E-state index contributed by atoms with van der Waals surface area (Å²) in [7, 11) is -3.75. The maximum Gasteiger partial charge on any atom is 0.238 e. The monoisotopic (exact) mass is 358 g/mol. The van der Waals surface area contributed by atoms with Crippen molar-refractivity contribution in [1.82, 2.24) is 0 Å². The number of sulfonamides is 1. The fourth-order valence-corrected chi connectivity index (χ4v) is 2.76. The number of hydrogen-bond donors (Lipinski definition) is 2. The second kappa shape index (κ2) is 6.66. The molecule has 2 aromatic carbocycles. The normalized spacial score (nSPS) is 11.2. The van der Waals surface area contributed by atoms with Gasteiger partial charge in [-0.15, -0.1) is 0 Å². The molecule has 1 amide bonds. The van der Waals surface area contributed by atoms with Crippen molar-refractivity contribution < 1.29 is 13.2 Å². The molecule has 0 heterocycles. The Morgan fingerprint density at radius 1 is 1.09 bits per heavy atom. The number of nitrogens with one attached hydrogen (secondary N) is 1. The first kappa shape index (κ1) is 16.8. The summed E-state index contributed by atoms with van der Waals surface area (Å²) in [5.41, 5.74) is 1.10. The molecule has 0 bridgehead atoms. The zero-order chi connectivity index (χ0) is 16.3. The molecule has 0 aromatic heterocycles. The smallest absolute Gasteiger partial charge is 0.238 e. The van der Waals surface area contributed by atoms with Crippen LogP contribution in [-0.4, -0.2) is 14.3 Å². The van der Waals surface area contributed by atoms with Gasteiger partial charge in [-0.05, 0) is 42.0 Å². The Morgan fingerprint density at radius 2 is 1.73 bits per heavy atom. The molecule has 0 aliphatic carbocycles. The van der Waals surface area contributed by atoms with Gasteiger partial charge >= 0.3 is 0 Å². The van der Waals surface area contributed by atoms with Crippen LogP contribution in [0.3, 0.4) is 0 Å². The molecular formula is C14H12Cl2N2O3S. The first-order valence-electron chi connectivity index (χ1n) is 6.12. The van der Waals surface area contributed by atoms with Crippen molar-refractivity contribution in [2.45, 2.75) is 11.3 Å². The number of rotatable bonds is 4. The molecule has 0 radical (unpaired) electrons. The number of amides is 1. The van der Waals surface area contributed by atoms with E-state index < -0.39 is 10.0 Å². The molecule has 0 atom stereocenters. The third kappa shape index (κ3) is 4.45. The first-order chi connectivity index (χ1) is 10.3. The maximum atomic E-state index is 12.0. The fraction of sp³-hybridized carbons (Fsp3) is 0.0714. The van der Waals surface area contributed by atoms with Crippen molar-refractivity contribution in [3.05, 3.63) is 58.1 Å². The predicted molar refractivity (Wildman–Crippen MR) is 86.6 cm³/mol. The van der Waals surface area contributed by atoms with Crippen LogP contribution in [0.15, 0.2) is 47.4 Å². The van der Waals surface area contributed by atoms with Crippen molar-refractivity contribution in [2.75, 3.05) is 5.32 Å². The zero-order valence-corrected chi connectivity index (χ0v) is 13.5. The average molecular weight is 359 g/mol. The number of anilines is 1. The minimum absolute atomic E-state index is 0.0220. The van der Waals surface area contributed by atoms with Crippen molar-refractivity contribution in [3.63, 3.8) is 0 Å². The van der Waals surface area contributed by atoms with Crippen LogP contribution in [0.2, 0.25) is 10.0 Å². The van der Waals surface area contributed by atoms with Crippen LogP contribution in [0.4, 0.5) is 5.69 Å². The SMILES string of the molecule is NS(=O)(=O)c1ccc(NC(=O)Cc2ccc(Cl)cc2Cl)cc1. The van der Waals surface area contributed by atoms with Gasteiger partial charge in [-0.25, -0.2) is 13.6 Å². The molecule has 22 heavy (non-hydrogen) atoms. The highest BCUT2D eigenvalue weighted by atomic mass is 35.5. The average Bonchev–Trinajstić information content (AvgIpc) is 2.41. The summed E-state index contributed by atoms with van der Waals surface area (Å²) in [6.07, 6.45) is 0.0763. The molecule has 0 aliphatic rings. The lowest BCUT2D eigenvalue weighted by atomic mass is 10.1. The predicted octanol–water partition coefficient (Wildman–Crippen LogP) is 2.82. The molecular weight excluding hydrogens is 347 g/mol. The molecule has 0 unspecified atom stereocenters. The van der Waals surface area contributed by atoms with Gasteiger partial charge < -0.3 is 5.32 Å². The van der Waals surface area contributed by atoms with Crippen LogP contribution in [-0.2, 0) is 21.2 Å². The Morgan fingerprint density at radius 3 is 2.27 bits per heavy atom. The van der Waals surface area contributed by atoms with Crippen molar-refractivity contribution >= 4 is 44.8 Å². The number of hydrogen-bond acceptors (Lipinski definition) is 3. The standard InChI is InChI=1S/C14H12Cl2N2O3S/c15-10-2-1-9(13(16)8-10)7-14(19)18-11-3-5-12(6-4-11)22(17,20)21/h1-6,8H,7H2,(H,18,19)(H2,17,20,21). The zero-order valence-electron chi connectivity index (χ0n) is 11.2. The van der Waals surface area contributed by atoms with Gasteiger partial charge in [0, 0.05) is 15.7 Å². The van der Waals surface area contributed by atoms with E-state index in [1.54, 1.807) is 18.2 Å². The number of carbonyl (C=O) groups is 1. The summed E-state index contributed by atoms with van der Waals surface area (Å²) in [5.74, 6) is -0.285. The van der Waals surface area contributed by atoms with Gasteiger partial charge in [-0.2, -0.15) is 0 Å². The van der Waals surface area contributed by atoms with Crippen LogP contribution in [0, 0.1) is 0 Å². The highest BCUT2D eigenvalue weighted by Crippen LogP contribution is 2.22. The van der Waals surface area contributed by atoms with E-state index in [1.165, 1.54) is 24.3 Å². The Kier molecular flexibility index (Phi) is 5.08. The van der Waals surface area contributed by atoms with Crippen molar-refractivity contribution in [2.24, 2.45) is 5.14 Å². The number of primary sulfonamides is 1. The van der Waals surface area contributed by atoms with Crippen LogP contribution in [0.25, 0.3) is 0 Å². The molecule has 0 saturated heterocycles. The van der Waals surface area contributed by atoms with Crippen molar-refractivity contribution in [3.8, 4) is 0 Å². The maximum absolute atomic E-state index is 12.0. The summed E-state index contributed by atoms with van der Waals surface area (Å²) in [5, 5.41) is 8.55. The lowest BCUT2D eigenvalue weighted by molar-refractivity contribution is -0.115. The molecule has 0 spiro atoms. The molecule has 2 rings (SSSR count). The van der Waals surface area contributed by atoms with Crippen LogP contribution >= 0.6 is 23.2 Å². The van der Waals surface area contributed by atoms with E-state index in [9.17, 15) is 13.2 Å². The van der Waals surface area contributed by atoms with Crippen molar-refractivity contribution in [1.29, 1.82) is 0 Å². The lowest BCUT2D eigenvalue weighted by Gasteiger charge is -2.07. The molecule has 0 fully saturated rings. The minimum atomic E-state index is -3.75. The molecule has 5 nitrogen and oxygen atoms in total. The highest BCUT2D eigenvalue weighted by Gasteiger charge is 2.10. The summed E-state index contributed by atoms with van der Waals surface area (Å²) in [4.78, 5) is 11.9. The number of benzene rings is 2. The largest absolute Gasteiger partial charge is 0.326 e. The molecule has 3 N–H and O–H groups in total. The number of carbonyl (C=O) groups excluding carboxylic acids is 1. The van der Waals surface area contributed by atoms with Gasteiger partial charge in [0.05, 0.1) is 11.3 Å². The minimum Gasteiger partial charge on any atom is -0.326 e. The van der Waals surface area contributed by atoms with E-state index in [4.69, 9.17) is 28.3 Å². The number of halogens is 2.